The molecule has 0 saturated carbocycles. The van der Waals surface area contributed by atoms with Gasteiger partial charge < -0.3 is 9.67 Å². The SMILES string of the molecule is Cc1cc(/C=N/NC(=O)Cc2ccc(Br)cc2)c(C)n1-c1ccc(CC(=O)O)cc1. The second-order valence-corrected chi connectivity index (χ2v) is 7.91. The normalized spacial score (nSPS) is 11.0. The Morgan fingerprint density at radius 1 is 1.03 bits per heavy atom. The van der Waals surface area contributed by atoms with Crippen LogP contribution in [0.5, 0.6) is 0 Å². The van der Waals surface area contributed by atoms with Crippen molar-refractivity contribution in [2.45, 2.75) is 26.7 Å². The summed E-state index contributed by atoms with van der Waals surface area (Å²) in [5.74, 6) is -1.03. The highest BCUT2D eigenvalue weighted by atomic mass is 79.9. The van der Waals surface area contributed by atoms with Crippen molar-refractivity contribution in [1.29, 1.82) is 0 Å². The van der Waals surface area contributed by atoms with E-state index >= 15 is 0 Å². The third-order valence-electron chi connectivity index (χ3n) is 4.69. The van der Waals surface area contributed by atoms with Crippen LogP contribution in [0.25, 0.3) is 5.69 Å². The molecular weight excluding hydrogens is 446 g/mol. The van der Waals surface area contributed by atoms with Crippen LogP contribution in [0.4, 0.5) is 0 Å². The summed E-state index contributed by atoms with van der Waals surface area (Å²) in [6.07, 6.45) is 1.89. The lowest BCUT2D eigenvalue weighted by Gasteiger charge is -2.10. The average Bonchev–Trinajstić information content (AvgIpc) is 2.97. The Morgan fingerprint density at radius 2 is 1.63 bits per heavy atom. The van der Waals surface area contributed by atoms with Gasteiger partial charge in [0.1, 0.15) is 0 Å². The molecule has 6 nitrogen and oxygen atoms in total. The van der Waals surface area contributed by atoms with Gasteiger partial charge in [0.05, 0.1) is 19.1 Å². The Labute approximate surface area is 183 Å². The lowest BCUT2D eigenvalue weighted by atomic mass is 10.1. The molecule has 3 rings (SSSR count). The molecule has 3 aromatic rings. The number of carboxylic acid groups (broad SMARTS) is 1. The zero-order valence-corrected chi connectivity index (χ0v) is 18.3. The standard InChI is InChI=1S/C23H22BrN3O3/c1-15-11-19(14-25-26-22(28)12-17-3-7-20(24)8-4-17)16(2)27(15)21-9-5-18(6-10-21)13-23(29)30/h3-11,14H,12-13H2,1-2H3,(H,26,28)(H,29,30)/b25-14+. The molecule has 0 unspecified atom stereocenters. The van der Waals surface area contributed by atoms with Crippen molar-refractivity contribution < 1.29 is 14.7 Å². The molecule has 0 atom stereocenters. The number of rotatable bonds is 7. The molecule has 0 radical (unpaired) electrons. The fraction of sp³-hybridized carbons (Fsp3) is 0.174. The molecule has 1 heterocycles. The van der Waals surface area contributed by atoms with Crippen molar-refractivity contribution in [2.75, 3.05) is 0 Å². The molecule has 0 spiro atoms. The topological polar surface area (TPSA) is 83.7 Å². The zero-order valence-electron chi connectivity index (χ0n) is 16.7. The van der Waals surface area contributed by atoms with Gasteiger partial charge in [0.2, 0.25) is 5.91 Å². The number of halogens is 1. The largest absolute Gasteiger partial charge is 0.481 e. The van der Waals surface area contributed by atoms with E-state index in [9.17, 15) is 9.59 Å². The predicted molar refractivity (Wildman–Crippen MR) is 120 cm³/mol. The van der Waals surface area contributed by atoms with Gasteiger partial charge in [0.15, 0.2) is 0 Å². The van der Waals surface area contributed by atoms with E-state index in [4.69, 9.17) is 5.11 Å². The Balaban J connectivity index is 1.68. The number of carbonyl (C=O) groups is 2. The second kappa shape index (κ2) is 9.54. The monoisotopic (exact) mass is 467 g/mol. The highest BCUT2D eigenvalue weighted by Gasteiger charge is 2.10. The molecule has 0 bridgehead atoms. The number of hydrazone groups is 1. The smallest absolute Gasteiger partial charge is 0.307 e. The minimum absolute atomic E-state index is 0.00177. The number of hydrogen-bond acceptors (Lipinski definition) is 3. The number of aliphatic carboxylic acids is 1. The average molecular weight is 468 g/mol. The molecule has 2 N–H and O–H groups in total. The number of carboxylic acids is 1. The summed E-state index contributed by atoms with van der Waals surface area (Å²) in [6, 6.07) is 17.0. The molecule has 154 valence electrons. The van der Waals surface area contributed by atoms with Gasteiger partial charge >= 0.3 is 5.97 Å². The molecule has 0 aliphatic heterocycles. The molecule has 7 heteroatoms. The number of benzene rings is 2. The summed E-state index contributed by atoms with van der Waals surface area (Å²) in [5, 5.41) is 13.0. The number of aromatic nitrogens is 1. The van der Waals surface area contributed by atoms with E-state index in [2.05, 4.69) is 31.0 Å². The molecule has 1 amide bonds. The van der Waals surface area contributed by atoms with E-state index in [1.54, 1.807) is 6.21 Å². The highest BCUT2D eigenvalue weighted by molar-refractivity contribution is 9.10. The van der Waals surface area contributed by atoms with Crippen LogP contribution in [0.2, 0.25) is 0 Å². The summed E-state index contributed by atoms with van der Waals surface area (Å²) < 4.78 is 3.03. The van der Waals surface area contributed by atoms with E-state index in [-0.39, 0.29) is 18.7 Å². The summed E-state index contributed by atoms with van der Waals surface area (Å²) in [7, 11) is 0. The van der Waals surface area contributed by atoms with Crippen molar-refractivity contribution in [1.82, 2.24) is 9.99 Å². The van der Waals surface area contributed by atoms with Crippen LogP contribution in [0.15, 0.2) is 64.2 Å². The van der Waals surface area contributed by atoms with Crippen LogP contribution in [0.1, 0.15) is 28.1 Å². The van der Waals surface area contributed by atoms with Crippen molar-refractivity contribution in [3.05, 3.63) is 87.1 Å². The van der Waals surface area contributed by atoms with Gasteiger partial charge in [0, 0.05) is 27.1 Å². The van der Waals surface area contributed by atoms with Crippen LogP contribution in [-0.4, -0.2) is 27.8 Å². The third kappa shape index (κ3) is 5.45. The fourth-order valence-corrected chi connectivity index (χ4v) is 3.52. The number of carbonyl (C=O) groups excluding carboxylic acids is 1. The van der Waals surface area contributed by atoms with Gasteiger partial charge in [-0.3, -0.25) is 9.59 Å². The molecule has 2 aromatic carbocycles. The highest BCUT2D eigenvalue weighted by Crippen LogP contribution is 2.20. The first kappa shape index (κ1) is 21.5. The minimum Gasteiger partial charge on any atom is -0.481 e. The van der Waals surface area contributed by atoms with Crippen LogP contribution < -0.4 is 5.43 Å². The van der Waals surface area contributed by atoms with Gasteiger partial charge in [-0.15, -0.1) is 0 Å². The first-order chi connectivity index (χ1) is 14.3. The quantitative estimate of drug-likeness (QED) is 0.403. The number of hydrogen-bond donors (Lipinski definition) is 2. The van der Waals surface area contributed by atoms with Crippen LogP contribution in [-0.2, 0) is 22.4 Å². The van der Waals surface area contributed by atoms with Crippen molar-refractivity contribution >= 4 is 34.0 Å². The summed E-state index contributed by atoms with van der Waals surface area (Å²) in [5.41, 5.74) is 8.06. The Kier molecular flexibility index (Phi) is 6.84. The first-order valence-corrected chi connectivity index (χ1v) is 10.2. The minimum atomic E-state index is -0.850. The Bertz CT molecular complexity index is 1080. The maximum atomic E-state index is 12.1. The first-order valence-electron chi connectivity index (χ1n) is 9.40. The second-order valence-electron chi connectivity index (χ2n) is 7.00. The molecule has 0 aliphatic rings. The van der Waals surface area contributed by atoms with Crippen molar-refractivity contribution in [2.24, 2.45) is 5.10 Å². The molecule has 1 aromatic heterocycles. The predicted octanol–water partition coefficient (Wildman–Crippen LogP) is 4.18. The zero-order chi connectivity index (χ0) is 21.7. The van der Waals surface area contributed by atoms with E-state index in [0.29, 0.717) is 0 Å². The van der Waals surface area contributed by atoms with Crippen molar-refractivity contribution in [3.8, 4) is 5.69 Å². The fourth-order valence-electron chi connectivity index (χ4n) is 3.25. The lowest BCUT2D eigenvalue weighted by Crippen LogP contribution is -2.19. The molecular formula is C23H22BrN3O3. The molecule has 0 fully saturated rings. The summed E-state index contributed by atoms with van der Waals surface area (Å²) in [4.78, 5) is 22.9. The summed E-state index contributed by atoms with van der Waals surface area (Å²) in [6.45, 7) is 3.96. The van der Waals surface area contributed by atoms with E-state index in [0.717, 1.165) is 38.2 Å². The van der Waals surface area contributed by atoms with E-state index in [1.165, 1.54) is 0 Å². The van der Waals surface area contributed by atoms with Crippen LogP contribution in [0.3, 0.4) is 0 Å². The lowest BCUT2D eigenvalue weighted by molar-refractivity contribution is -0.136. The molecule has 0 saturated heterocycles. The van der Waals surface area contributed by atoms with Crippen LogP contribution >= 0.6 is 15.9 Å². The Morgan fingerprint density at radius 3 is 2.27 bits per heavy atom. The Hall–Kier alpha value is -3.19. The third-order valence-corrected chi connectivity index (χ3v) is 5.22. The maximum absolute atomic E-state index is 12.1. The van der Waals surface area contributed by atoms with E-state index < -0.39 is 5.97 Å². The van der Waals surface area contributed by atoms with E-state index in [1.807, 2.05) is 68.4 Å². The number of nitrogens with one attached hydrogen (secondary N) is 1. The van der Waals surface area contributed by atoms with Gasteiger partial charge in [0.25, 0.3) is 0 Å². The number of amides is 1. The summed E-state index contributed by atoms with van der Waals surface area (Å²) >= 11 is 3.37. The van der Waals surface area contributed by atoms with Gasteiger partial charge in [-0.25, -0.2) is 5.43 Å². The van der Waals surface area contributed by atoms with Gasteiger partial charge in [-0.2, -0.15) is 5.10 Å². The van der Waals surface area contributed by atoms with Crippen LogP contribution in [0, 0.1) is 13.8 Å². The molecule has 0 aliphatic carbocycles. The number of aryl methyl sites for hydroxylation is 1. The maximum Gasteiger partial charge on any atom is 0.307 e. The van der Waals surface area contributed by atoms with Gasteiger partial charge in [-0.1, -0.05) is 40.2 Å². The van der Waals surface area contributed by atoms with Crippen molar-refractivity contribution in [3.63, 3.8) is 0 Å². The number of nitrogens with zero attached hydrogens (tertiary/aromatic N) is 2. The molecule has 30 heavy (non-hydrogen) atoms. The van der Waals surface area contributed by atoms with Gasteiger partial charge in [-0.05, 0) is 55.3 Å².